The van der Waals surface area contributed by atoms with Gasteiger partial charge in [-0.3, -0.25) is 0 Å². The van der Waals surface area contributed by atoms with E-state index in [2.05, 4.69) is 30.7 Å². The van der Waals surface area contributed by atoms with Crippen LogP contribution in [0.1, 0.15) is 5.56 Å². The summed E-state index contributed by atoms with van der Waals surface area (Å²) in [7, 11) is -13.6. The van der Waals surface area contributed by atoms with Crippen molar-refractivity contribution in [1.82, 2.24) is 0 Å². The van der Waals surface area contributed by atoms with Gasteiger partial charge in [0.2, 0.25) is 0 Å². The molecule has 0 unspecified atom stereocenters. The molecule has 0 bridgehead atoms. The fraction of sp³-hybridized carbons (Fsp3) is 0.0323. The zero-order chi connectivity index (χ0) is 39.1. The van der Waals surface area contributed by atoms with Crippen LogP contribution in [0.2, 0.25) is 0 Å². The summed E-state index contributed by atoms with van der Waals surface area (Å²) in [5, 5.41) is 23.7. The second kappa shape index (κ2) is 21.5. The Labute approximate surface area is 388 Å². The first kappa shape index (κ1) is 50.8. The van der Waals surface area contributed by atoms with Crippen molar-refractivity contribution in [3.63, 3.8) is 0 Å². The molecular formula is C31H27N10Na3O9S3. The molecule has 0 fully saturated rings. The van der Waals surface area contributed by atoms with Crippen LogP contribution in [-0.4, -0.2) is 38.9 Å². The summed E-state index contributed by atoms with van der Waals surface area (Å²) in [5.41, 5.74) is 27.2. The normalized spacial score (nSPS) is 11.6. The number of nitrogens with two attached hydrogens (primary N) is 4. The number of rotatable bonds is 9. The summed E-state index contributed by atoms with van der Waals surface area (Å²) in [5.74, 6) is 0. The molecule has 0 saturated heterocycles. The summed E-state index contributed by atoms with van der Waals surface area (Å²) in [4.78, 5) is -1.11. The zero-order valence-electron chi connectivity index (χ0n) is 30.1. The van der Waals surface area contributed by atoms with Crippen LogP contribution in [-0.2, 0) is 30.4 Å². The Morgan fingerprint density at radius 3 is 0.911 bits per heavy atom. The van der Waals surface area contributed by atoms with Crippen molar-refractivity contribution in [3.8, 4) is 0 Å². The van der Waals surface area contributed by atoms with E-state index in [4.69, 9.17) is 22.9 Å². The molecule has 0 heterocycles. The molecule has 0 amide bonds. The average Bonchev–Trinajstić information content (AvgIpc) is 3.08. The summed E-state index contributed by atoms with van der Waals surface area (Å²) in [6.07, 6.45) is 0. The van der Waals surface area contributed by atoms with Crippen molar-refractivity contribution >= 4 is 87.2 Å². The molecule has 0 aliphatic carbocycles. The minimum absolute atomic E-state index is 0. The first-order valence-electron chi connectivity index (χ1n) is 14.5. The van der Waals surface area contributed by atoms with Crippen LogP contribution in [0.15, 0.2) is 142 Å². The molecule has 0 spiro atoms. The van der Waals surface area contributed by atoms with E-state index in [-0.39, 0.29) is 128 Å². The third-order valence-electron chi connectivity index (χ3n) is 6.79. The molecule has 19 nitrogen and oxygen atoms in total. The fourth-order valence-corrected chi connectivity index (χ4v) is 5.38. The maximum atomic E-state index is 11.0. The Morgan fingerprint density at radius 1 is 0.393 bits per heavy atom. The van der Waals surface area contributed by atoms with Crippen molar-refractivity contribution < 1.29 is 128 Å². The molecular weight excluding hydrogens is 822 g/mol. The van der Waals surface area contributed by atoms with E-state index < -0.39 is 40.1 Å². The molecule has 56 heavy (non-hydrogen) atoms. The van der Waals surface area contributed by atoms with Crippen LogP contribution in [0.25, 0.3) is 0 Å². The van der Waals surface area contributed by atoms with Crippen molar-refractivity contribution in [2.75, 3.05) is 22.9 Å². The minimum atomic E-state index is -4.57. The monoisotopic (exact) mass is 848 g/mol. The molecule has 5 aromatic carbocycles. The maximum Gasteiger partial charge on any atom is 1.00 e. The van der Waals surface area contributed by atoms with Gasteiger partial charge < -0.3 is 36.6 Å². The molecule has 5 rings (SSSR count). The van der Waals surface area contributed by atoms with Gasteiger partial charge in [0.1, 0.15) is 47.4 Å². The number of anilines is 4. The fourth-order valence-electron chi connectivity index (χ4n) is 3.97. The van der Waals surface area contributed by atoms with E-state index in [1.54, 1.807) is 12.1 Å². The molecule has 276 valence electrons. The number of hydrogen-bond donors (Lipinski definition) is 4. The summed E-state index contributed by atoms with van der Waals surface area (Å²) >= 11 is 0. The Balaban J connectivity index is 0.000000573. The van der Waals surface area contributed by atoms with E-state index in [9.17, 15) is 38.9 Å². The van der Waals surface area contributed by atoms with E-state index in [0.29, 0.717) is 22.7 Å². The topological polar surface area (TPSA) is 350 Å². The molecule has 0 aliphatic heterocycles. The molecule has 0 saturated carbocycles. The number of nitrogen functional groups attached to an aromatic ring is 4. The van der Waals surface area contributed by atoms with Gasteiger partial charge in [-0.15, -0.1) is 15.3 Å². The van der Waals surface area contributed by atoms with Crippen molar-refractivity contribution in [3.05, 3.63) is 103 Å². The number of hydrogen-bond acceptors (Lipinski definition) is 19. The second-order valence-electron chi connectivity index (χ2n) is 10.7. The molecule has 8 N–H and O–H groups in total. The zero-order valence-corrected chi connectivity index (χ0v) is 38.6. The van der Waals surface area contributed by atoms with E-state index >= 15 is 0 Å². The van der Waals surface area contributed by atoms with Gasteiger partial charge in [-0.25, -0.2) is 25.3 Å². The number of benzene rings is 5. The largest absolute Gasteiger partial charge is 1.00 e. The summed E-state index contributed by atoms with van der Waals surface area (Å²) in [6.45, 7) is 1.82. The Kier molecular flexibility index (Phi) is 19.6. The van der Waals surface area contributed by atoms with Crippen molar-refractivity contribution in [1.29, 1.82) is 0 Å². The van der Waals surface area contributed by atoms with Crippen LogP contribution in [0.3, 0.4) is 0 Å². The second-order valence-corrected chi connectivity index (χ2v) is 14.8. The van der Waals surface area contributed by atoms with Gasteiger partial charge in [0, 0.05) is 5.69 Å². The standard InChI is InChI=1S/C18H16N6O6S2.C13H14N4O3S.3Na/c19-15-9-16(20)18(24-22-12-3-7-14(8-4-12)32(28,29)30)10-17(15)23-21-11-1-5-13(6-2-11)31(25,26)27;1-8-6-13(12(15)7-11(8)14)17-16-9-2-4-10(5-3-9)21(18,19)20;;;/h1-10H,19-20H2,(H,25,26,27)(H,28,29,30);2-7H,14-15H2,1H3,(H,18,19,20);;;/q;;3*+1/p-3. The third-order valence-corrected chi connectivity index (χ3v) is 9.34. The number of nitrogens with zero attached hydrogens (tertiary/aromatic N) is 6. The van der Waals surface area contributed by atoms with Gasteiger partial charge in [-0.1, -0.05) is 0 Å². The molecule has 0 radical (unpaired) electrons. The van der Waals surface area contributed by atoms with Crippen molar-refractivity contribution in [2.45, 2.75) is 21.6 Å². The SMILES string of the molecule is Cc1cc(N=Nc2ccc(S(=O)(=O)[O-])cc2)c(N)cc1N.Nc1cc(N)c(N=Nc2ccc(S(=O)(=O)[O-])cc2)cc1N=Nc1ccc(S(=O)(=O)[O-])cc1.[Na+].[Na+].[Na+]. The molecule has 0 atom stereocenters. The average molecular weight is 849 g/mol. The van der Waals surface area contributed by atoms with Crippen LogP contribution < -0.4 is 112 Å². The Hall–Kier alpha value is -3.17. The van der Waals surface area contributed by atoms with Gasteiger partial charge in [0.05, 0.1) is 48.8 Å². The predicted octanol–water partition coefficient (Wildman–Crippen LogP) is -3.02. The first-order valence-corrected chi connectivity index (χ1v) is 18.7. The van der Waals surface area contributed by atoms with E-state index in [1.807, 2.05) is 6.92 Å². The minimum Gasteiger partial charge on any atom is -0.744 e. The first-order chi connectivity index (χ1) is 24.7. The van der Waals surface area contributed by atoms with Gasteiger partial charge >= 0.3 is 88.7 Å². The van der Waals surface area contributed by atoms with Crippen LogP contribution in [0.4, 0.5) is 56.9 Å². The molecule has 0 aliphatic rings. The van der Waals surface area contributed by atoms with Gasteiger partial charge in [0.25, 0.3) is 0 Å². The number of azo groups is 3. The molecule has 5 aromatic rings. The van der Waals surface area contributed by atoms with Crippen molar-refractivity contribution in [2.24, 2.45) is 30.7 Å². The maximum absolute atomic E-state index is 11.0. The number of aryl methyl sites for hydroxylation is 1. The van der Waals surface area contributed by atoms with E-state index in [0.717, 1.165) is 29.8 Å². The Bertz CT molecular complexity index is 2470. The summed E-state index contributed by atoms with van der Waals surface area (Å²) < 4.78 is 98.2. The van der Waals surface area contributed by atoms with Gasteiger partial charge in [-0.2, -0.15) is 15.3 Å². The van der Waals surface area contributed by atoms with Gasteiger partial charge in [0.15, 0.2) is 0 Å². The van der Waals surface area contributed by atoms with Crippen LogP contribution in [0.5, 0.6) is 0 Å². The van der Waals surface area contributed by atoms with Crippen LogP contribution in [0, 0.1) is 6.92 Å². The van der Waals surface area contributed by atoms with Crippen LogP contribution >= 0.6 is 0 Å². The predicted molar refractivity (Wildman–Crippen MR) is 191 cm³/mol. The Morgan fingerprint density at radius 2 is 0.643 bits per heavy atom. The summed E-state index contributed by atoms with van der Waals surface area (Å²) in [6, 6.07) is 20.8. The van der Waals surface area contributed by atoms with E-state index in [1.165, 1.54) is 60.7 Å². The molecule has 0 aromatic heterocycles. The third kappa shape index (κ3) is 15.0. The smallest absolute Gasteiger partial charge is 0.744 e. The molecule has 25 heteroatoms. The quantitative estimate of drug-likeness (QED) is 0.0497. The van der Waals surface area contributed by atoms with Gasteiger partial charge in [-0.05, 0) is 110 Å².